The minimum Gasteiger partial charge on any atom is -0.377 e. The lowest BCUT2D eigenvalue weighted by molar-refractivity contribution is -0.121. The lowest BCUT2D eigenvalue weighted by Crippen LogP contribution is -2.43. The van der Waals surface area contributed by atoms with E-state index in [0.717, 1.165) is 44.0 Å². The summed E-state index contributed by atoms with van der Waals surface area (Å²) in [6.45, 7) is 8.12. The summed E-state index contributed by atoms with van der Waals surface area (Å²) in [5.41, 5.74) is 3.09. The summed E-state index contributed by atoms with van der Waals surface area (Å²) in [5.74, 6) is 0.0621. The van der Waals surface area contributed by atoms with Gasteiger partial charge in [0.2, 0.25) is 5.91 Å². The number of carbonyl (C=O) groups is 1. The van der Waals surface area contributed by atoms with Gasteiger partial charge in [0, 0.05) is 49.7 Å². The molecule has 0 spiro atoms. The van der Waals surface area contributed by atoms with E-state index in [2.05, 4.69) is 51.7 Å². The van der Waals surface area contributed by atoms with Gasteiger partial charge in [-0.05, 0) is 30.7 Å². The average Bonchev–Trinajstić information content (AvgIpc) is 2.52. The quantitative estimate of drug-likeness (QED) is 0.784. The van der Waals surface area contributed by atoms with Crippen molar-refractivity contribution >= 4 is 17.3 Å². The number of benzene rings is 1. The van der Waals surface area contributed by atoms with Crippen molar-refractivity contribution in [1.82, 2.24) is 10.6 Å². The minimum absolute atomic E-state index is 0.0621. The fourth-order valence-corrected chi connectivity index (χ4v) is 2.83. The maximum absolute atomic E-state index is 11.3. The molecule has 1 amide bonds. The molecule has 5 nitrogen and oxygen atoms in total. The van der Waals surface area contributed by atoms with Gasteiger partial charge in [0.1, 0.15) is 0 Å². The number of carbonyl (C=O) groups excluding carboxylic acids is 1. The first-order valence-electron chi connectivity index (χ1n) is 7.53. The molecule has 2 fully saturated rings. The normalized spacial score (nSPS) is 22.9. The van der Waals surface area contributed by atoms with E-state index < -0.39 is 0 Å². The second kappa shape index (κ2) is 6.18. The minimum atomic E-state index is 0.0621. The summed E-state index contributed by atoms with van der Waals surface area (Å²) < 4.78 is 0. The summed E-state index contributed by atoms with van der Waals surface area (Å²) in [6.07, 6.45) is 1.35. The predicted octanol–water partition coefficient (Wildman–Crippen LogP) is 1.30. The first kappa shape index (κ1) is 13.9. The largest absolute Gasteiger partial charge is 0.377 e. The molecule has 3 rings (SSSR count). The van der Waals surface area contributed by atoms with E-state index in [1.807, 2.05) is 0 Å². The number of nitrogens with one attached hydrogen (secondary N) is 3. The first-order chi connectivity index (χ1) is 10.2. The van der Waals surface area contributed by atoms with Crippen molar-refractivity contribution < 1.29 is 4.79 Å². The van der Waals surface area contributed by atoms with Crippen LogP contribution in [0.15, 0.2) is 36.5 Å². The van der Waals surface area contributed by atoms with Crippen LogP contribution in [-0.4, -0.2) is 38.1 Å². The molecule has 1 atom stereocenters. The van der Waals surface area contributed by atoms with Gasteiger partial charge < -0.3 is 20.9 Å². The van der Waals surface area contributed by atoms with E-state index >= 15 is 0 Å². The molecule has 0 saturated carbocycles. The Morgan fingerprint density at radius 1 is 1.19 bits per heavy atom. The van der Waals surface area contributed by atoms with Gasteiger partial charge in [-0.1, -0.05) is 6.58 Å². The standard InChI is InChI=1S/C16H22N4O/c1-12-15(6-7-16(21)18-12)19-13-2-4-14(5-3-13)20-10-8-17-9-11-20/h2-5,15,17,19H,1,6-11H2,(H,18,21). The highest BCUT2D eigenvalue weighted by molar-refractivity contribution is 5.79. The van der Waals surface area contributed by atoms with Crippen molar-refractivity contribution in [2.45, 2.75) is 18.9 Å². The van der Waals surface area contributed by atoms with Crippen molar-refractivity contribution in [3.05, 3.63) is 36.5 Å². The Hall–Kier alpha value is -2.01. The molecule has 1 aromatic rings. The molecule has 0 radical (unpaired) electrons. The van der Waals surface area contributed by atoms with Crippen molar-refractivity contribution in [2.24, 2.45) is 0 Å². The molecular weight excluding hydrogens is 264 g/mol. The Bertz CT molecular complexity index is 520. The molecule has 2 heterocycles. The molecular formula is C16H22N4O. The van der Waals surface area contributed by atoms with Crippen molar-refractivity contribution in [3.63, 3.8) is 0 Å². The number of anilines is 2. The van der Waals surface area contributed by atoms with Crippen LogP contribution in [0.25, 0.3) is 0 Å². The highest BCUT2D eigenvalue weighted by Crippen LogP contribution is 2.21. The van der Waals surface area contributed by atoms with Crippen LogP contribution >= 0.6 is 0 Å². The van der Waals surface area contributed by atoms with Crippen LogP contribution < -0.4 is 20.9 Å². The number of amides is 1. The number of nitrogens with zero attached hydrogens (tertiary/aromatic N) is 1. The van der Waals surface area contributed by atoms with Crippen molar-refractivity contribution in [1.29, 1.82) is 0 Å². The van der Waals surface area contributed by atoms with E-state index in [1.165, 1.54) is 5.69 Å². The van der Waals surface area contributed by atoms with E-state index in [9.17, 15) is 4.79 Å². The number of piperidine rings is 1. The Morgan fingerprint density at radius 3 is 2.57 bits per heavy atom. The number of rotatable bonds is 3. The Balaban J connectivity index is 1.61. The van der Waals surface area contributed by atoms with E-state index in [-0.39, 0.29) is 11.9 Å². The molecule has 0 aliphatic carbocycles. The van der Waals surface area contributed by atoms with Crippen LogP contribution in [0.3, 0.4) is 0 Å². The Morgan fingerprint density at radius 2 is 1.90 bits per heavy atom. The van der Waals surface area contributed by atoms with Gasteiger partial charge in [-0.15, -0.1) is 0 Å². The molecule has 112 valence electrons. The fraction of sp³-hybridized carbons (Fsp3) is 0.438. The van der Waals surface area contributed by atoms with Gasteiger partial charge in [-0.25, -0.2) is 0 Å². The second-order valence-electron chi connectivity index (χ2n) is 5.59. The van der Waals surface area contributed by atoms with Crippen molar-refractivity contribution in [2.75, 3.05) is 36.4 Å². The van der Waals surface area contributed by atoms with Crippen LogP contribution in [0.5, 0.6) is 0 Å². The monoisotopic (exact) mass is 286 g/mol. The summed E-state index contributed by atoms with van der Waals surface area (Å²) in [6, 6.07) is 8.62. The van der Waals surface area contributed by atoms with Gasteiger partial charge in [-0.2, -0.15) is 0 Å². The average molecular weight is 286 g/mol. The summed E-state index contributed by atoms with van der Waals surface area (Å²) in [5, 5.41) is 9.60. The first-order valence-corrected chi connectivity index (χ1v) is 7.53. The zero-order valence-electron chi connectivity index (χ0n) is 12.2. The zero-order chi connectivity index (χ0) is 14.7. The number of hydrogen-bond acceptors (Lipinski definition) is 4. The van der Waals surface area contributed by atoms with Crippen LogP contribution in [0, 0.1) is 0 Å². The van der Waals surface area contributed by atoms with E-state index in [1.54, 1.807) is 0 Å². The third-order valence-corrected chi connectivity index (χ3v) is 4.07. The third kappa shape index (κ3) is 3.36. The maximum Gasteiger partial charge on any atom is 0.224 e. The molecule has 1 unspecified atom stereocenters. The molecule has 3 N–H and O–H groups in total. The van der Waals surface area contributed by atoms with E-state index in [4.69, 9.17) is 0 Å². The Kier molecular flexibility index (Phi) is 4.10. The van der Waals surface area contributed by atoms with Crippen LogP contribution in [0.1, 0.15) is 12.8 Å². The van der Waals surface area contributed by atoms with Crippen LogP contribution in [0.2, 0.25) is 0 Å². The third-order valence-electron chi connectivity index (χ3n) is 4.07. The Labute approximate surface area is 125 Å². The van der Waals surface area contributed by atoms with Crippen molar-refractivity contribution in [3.8, 4) is 0 Å². The molecule has 0 aromatic heterocycles. The summed E-state index contributed by atoms with van der Waals surface area (Å²) in [7, 11) is 0. The summed E-state index contributed by atoms with van der Waals surface area (Å²) in [4.78, 5) is 13.7. The molecule has 2 saturated heterocycles. The van der Waals surface area contributed by atoms with Gasteiger partial charge >= 0.3 is 0 Å². The highest BCUT2D eigenvalue weighted by atomic mass is 16.1. The predicted molar refractivity (Wildman–Crippen MR) is 85.5 cm³/mol. The SMILES string of the molecule is C=C1NC(=O)CCC1Nc1ccc(N2CCNCC2)cc1. The smallest absolute Gasteiger partial charge is 0.224 e. The van der Waals surface area contributed by atoms with Crippen LogP contribution in [-0.2, 0) is 4.79 Å². The van der Waals surface area contributed by atoms with Gasteiger partial charge in [0.15, 0.2) is 0 Å². The zero-order valence-corrected chi connectivity index (χ0v) is 12.2. The number of hydrogen-bond donors (Lipinski definition) is 3. The maximum atomic E-state index is 11.3. The summed E-state index contributed by atoms with van der Waals surface area (Å²) >= 11 is 0. The van der Waals surface area contributed by atoms with Gasteiger partial charge in [0.05, 0.1) is 6.04 Å². The second-order valence-corrected chi connectivity index (χ2v) is 5.59. The topological polar surface area (TPSA) is 56.4 Å². The van der Waals surface area contributed by atoms with E-state index in [0.29, 0.717) is 6.42 Å². The molecule has 1 aromatic carbocycles. The van der Waals surface area contributed by atoms with Gasteiger partial charge in [0.25, 0.3) is 0 Å². The molecule has 0 bridgehead atoms. The fourth-order valence-electron chi connectivity index (χ4n) is 2.83. The molecule has 2 aliphatic heterocycles. The lowest BCUT2D eigenvalue weighted by atomic mass is 10.0. The molecule has 2 aliphatic rings. The highest BCUT2D eigenvalue weighted by Gasteiger charge is 2.21. The molecule has 21 heavy (non-hydrogen) atoms. The lowest BCUT2D eigenvalue weighted by Gasteiger charge is -2.30. The van der Waals surface area contributed by atoms with Crippen LogP contribution in [0.4, 0.5) is 11.4 Å². The molecule has 5 heteroatoms. The van der Waals surface area contributed by atoms with Gasteiger partial charge in [-0.3, -0.25) is 4.79 Å². The number of piperazine rings is 1.